The van der Waals surface area contributed by atoms with Crippen LogP contribution in [0.25, 0.3) is 10.1 Å². The van der Waals surface area contributed by atoms with Gasteiger partial charge in [-0.15, -0.1) is 11.3 Å². The van der Waals surface area contributed by atoms with Gasteiger partial charge in [0.1, 0.15) is 10.7 Å². The SMILES string of the molecule is O=C(O)c1sc2c(F)cccc2c1C1CC1. The lowest BCUT2D eigenvalue weighted by atomic mass is 10.1. The molecule has 0 radical (unpaired) electrons. The lowest BCUT2D eigenvalue weighted by Crippen LogP contribution is -1.96. The highest BCUT2D eigenvalue weighted by Gasteiger charge is 2.32. The second kappa shape index (κ2) is 3.28. The van der Waals surface area contributed by atoms with Crippen LogP contribution in [0.2, 0.25) is 0 Å². The predicted octanol–water partition coefficient (Wildman–Crippen LogP) is 3.62. The van der Waals surface area contributed by atoms with E-state index in [4.69, 9.17) is 5.11 Å². The minimum atomic E-state index is -0.942. The number of hydrogen-bond acceptors (Lipinski definition) is 2. The van der Waals surface area contributed by atoms with Gasteiger partial charge in [0.15, 0.2) is 0 Å². The first-order chi connectivity index (χ1) is 7.68. The number of thiophene rings is 1. The van der Waals surface area contributed by atoms with Crippen molar-refractivity contribution in [2.24, 2.45) is 0 Å². The third-order valence-electron chi connectivity index (χ3n) is 2.89. The fourth-order valence-corrected chi connectivity index (χ4v) is 3.17. The molecule has 1 heterocycles. The molecular formula is C12H9FO2S. The molecule has 0 unspecified atom stereocenters. The number of halogens is 1. The Balaban J connectivity index is 2.37. The smallest absolute Gasteiger partial charge is 0.346 e. The number of carbonyl (C=O) groups is 1. The Hall–Kier alpha value is -1.42. The first kappa shape index (κ1) is 9.78. The molecule has 2 nitrogen and oxygen atoms in total. The molecule has 1 N–H and O–H groups in total. The third-order valence-corrected chi connectivity index (χ3v) is 4.10. The lowest BCUT2D eigenvalue weighted by molar-refractivity contribution is 0.0701. The van der Waals surface area contributed by atoms with E-state index in [0.29, 0.717) is 15.5 Å². The van der Waals surface area contributed by atoms with Crippen molar-refractivity contribution in [3.63, 3.8) is 0 Å². The molecule has 1 aliphatic rings. The van der Waals surface area contributed by atoms with Crippen molar-refractivity contribution in [3.8, 4) is 0 Å². The Morgan fingerprint density at radius 1 is 1.44 bits per heavy atom. The van der Waals surface area contributed by atoms with Crippen molar-refractivity contribution in [3.05, 3.63) is 34.5 Å². The van der Waals surface area contributed by atoms with Crippen molar-refractivity contribution < 1.29 is 14.3 Å². The summed E-state index contributed by atoms with van der Waals surface area (Å²) in [6, 6.07) is 4.83. The molecule has 0 atom stereocenters. The summed E-state index contributed by atoms with van der Waals surface area (Å²) in [5, 5.41) is 9.90. The Labute approximate surface area is 95.3 Å². The molecule has 1 saturated carbocycles. The maximum absolute atomic E-state index is 13.5. The summed E-state index contributed by atoms with van der Waals surface area (Å²) in [6.45, 7) is 0. The van der Waals surface area contributed by atoms with Gasteiger partial charge in [-0.1, -0.05) is 12.1 Å². The van der Waals surface area contributed by atoms with Crippen LogP contribution in [-0.4, -0.2) is 11.1 Å². The summed E-state index contributed by atoms with van der Waals surface area (Å²) in [7, 11) is 0. The largest absolute Gasteiger partial charge is 0.477 e. The van der Waals surface area contributed by atoms with E-state index in [9.17, 15) is 9.18 Å². The van der Waals surface area contributed by atoms with Crippen molar-refractivity contribution in [1.29, 1.82) is 0 Å². The number of fused-ring (bicyclic) bond motifs is 1. The minimum Gasteiger partial charge on any atom is -0.477 e. The molecule has 82 valence electrons. The van der Waals surface area contributed by atoms with Gasteiger partial charge < -0.3 is 5.11 Å². The average Bonchev–Trinajstić information content (AvgIpc) is 2.99. The van der Waals surface area contributed by atoms with Gasteiger partial charge in [-0.25, -0.2) is 9.18 Å². The van der Waals surface area contributed by atoms with Crippen molar-refractivity contribution in [2.45, 2.75) is 18.8 Å². The molecule has 0 amide bonds. The van der Waals surface area contributed by atoms with Crippen LogP contribution in [0.3, 0.4) is 0 Å². The molecule has 0 saturated heterocycles. The van der Waals surface area contributed by atoms with E-state index in [-0.39, 0.29) is 5.82 Å². The van der Waals surface area contributed by atoms with Gasteiger partial charge in [-0.3, -0.25) is 0 Å². The Kier molecular flexibility index (Phi) is 2.01. The lowest BCUT2D eigenvalue weighted by Gasteiger charge is -1.97. The van der Waals surface area contributed by atoms with Crippen molar-refractivity contribution in [1.82, 2.24) is 0 Å². The molecule has 1 aliphatic carbocycles. The standard InChI is InChI=1S/C12H9FO2S/c13-8-3-1-2-7-9(6-4-5-6)11(12(14)15)16-10(7)8/h1-3,6H,4-5H2,(H,14,15). The minimum absolute atomic E-state index is 0.308. The Morgan fingerprint density at radius 2 is 2.19 bits per heavy atom. The molecule has 2 aromatic rings. The van der Waals surface area contributed by atoms with Crippen LogP contribution in [0.4, 0.5) is 4.39 Å². The highest BCUT2D eigenvalue weighted by molar-refractivity contribution is 7.21. The molecular weight excluding hydrogens is 227 g/mol. The van der Waals surface area contributed by atoms with Crippen molar-refractivity contribution >= 4 is 27.4 Å². The van der Waals surface area contributed by atoms with E-state index >= 15 is 0 Å². The second-order valence-electron chi connectivity index (χ2n) is 4.04. The van der Waals surface area contributed by atoms with E-state index in [2.05, 4.69) is 0 Å². The fourth-order valence-electron chi connectivity index (χ4n) is 2.04. The van der Waals surface area contributed by atoms with Crippen LogP contribution >= 0.6 is 11.3 Å². The summed E-state index contributed by atoms with van der Waals surface area (Å²) < 4.78 is 14.0. The summed E-state index contributed by atoms with van der Waals surface area (Å²) >= 11 is 1.05. The normalized spacial score (nSPS) is 15.6. The number of benzene rings is 1. The van der Waals surface area contributed by atoms with Crippen LogP contribution in [0.15, 0.2) is 18.2 Å². The van der Waals surface area contributed by atoms with Gasteiger partial charge in [-0.05, 0) is 35.8 Å². The van der Waals surface area contributed by atoms with Gasteiger partial charge in [0, 0.05) is 0 Å². The Morgan fingerprint density at radius 3 is 2.81 bits per heavy atom. The highest BCUT2D eigenvalue weighted by atomic mass is 32.1. The number of carboxylic acid groups (broad SMARTS) is 1. The van der Waals surface area contributed by atoms with Gasteiger partial charge in [-0.2, -0.15) is 0 Å². The molecule has 3 rings (SSSR count). The maximum Gasteiger partial charge on any atom is 0.346 e. The zero-order valence-corrected chi connectivity index (χ0v) is 9.18. The predicted molar refractivity (Wildman–Crippen MR) is 60.7 cm³/mol. The number of carboxylic acids is 1. The second-order valence-corrected chi connectivity index (χ2v) is 5.06. The molecule has 1 fully saturated rings. The summed E-state index contributed by atoms with van der Waals surface area (Å²) in [5.41, 5.74) is 0.840. The van der Waals surface area contributed by atoms with Crippen LogP contribution in [-0.2, 0) is 0 Å². The van der Waals surface area contributed by atoms with Gasteiger partial charge >= 0.3 is 5.97 Å². The summed E-state index contributed by atoms with van der Waals surface area (Å²) in [5.74, 6) is -0.943. The molecule has 1 aromatic heterocycles. The van der Waals surface area contributed by atoms with E-state index in [1.54, 1.807) is 6.07 Å². The first-order valence-corrected chi connectivity index (χ1v) is 5.94. The topological polar surface area (TPSA) is 37.3 Å². The average molecular weight is 236 g/mol. The summed E-state index contributed by atoms with van der Waals surface area (Å²) in [4.78, 5) is 11.4. The zero-order chi connectivity index (χ0) is 11.3. The quantitative estimate of drug-likeness (QED) is 0.864. The van der Waals surface area contributed by atoms with Crippen molar-refractivity contribution in [2.75, 3.05) is 0 Å². The van der Waals surface area contributed by atoms with E-state index in [1.807, 2.05) is 6.07 Å². The molecule has 1 aromatic carbocycles. The molecule has 0 aliphatic heterocycles. The molecule has 0 bridgehead atoms. The van der Waals surface area contributed by atoms with Crippen LogP contribution in [0.5, 0.6) is 0 Å². The highest BCUT2D eigenvalue weighted by Crippen LogP contribution is 2.48. The van der Waals surface area contributed by atoms with Gasteiger partial charge in [0.25, 0.3) is 0 Å². The van der Waals surface area contributed by atoms with Crippen LogP contribution in [0.1, 0.15) is 34.0 Å². The number of rotatable bonds is 2. The van der Waals surface area contributed by atoms with Gasteiger partial charge in [0.05, 0.1) is 4.70 Å². The summed E-state index contributed by atoms with van der Waals surface area (Å²) in [6.07, 6.45) is 2.03. The zero-order valence-electron chi connectivity index (χ0n) is 8.37. The number of hydrogen-bond donors (Lipinski definition) is 1. The first-order valence-electron chi connectivity index (χ1n) is 5.12. The fraction of sp³-hybridized carbons (Fsp3) is 0.250. The Bertz CT molecular complexity index is 584. The van der Waals surface area contributed by atoms with Crippen LogP contribution < -0.4 is 0 Å². The maximum atomic E-state index is 13.5. The molecule has 16 heavy (non-hydrogen) atoms. The molecule has 4 heteroatoms. The van der Waals surface area contributed by atoms with Gasteiger partial charge in [0.2, 0.25) is 0 Å². The van der Waals surface area contributed by atoms with E-state index in [1.165, 1.54) is 6.07 Å². The number of aromatic carboxylic acids is 1. The monoisotopic (exact) mass is 236 g/mol. The molecule has 0 spiro atoms. The van der Waals surface area contributed by atoms with Crippen LogP contribution in [0, 0.1) is 5.82 Å². The third kappa shape index (κ3) is 1.33. The van der Waals surface area contributed by atoms with E-state index in [0.717, 1.165) is 35.1 Å². The van der Waals surface area contributed by atoms with E-state index < -0.39 is 5.97 Å².